The van der Waals surface area contributed by atoms with Gasteiger partial charge >= 0.3 is 0 Å². The summed E-state index contributed by atoms with van der Waals surface area (Å²) in [6.45, 7) is 0. The summed E-state index contributed by atoms with van der Waals surface area (Å²) >= 11 is 6.85. The van der Waals surface area contributed by atoms with Crippen molar-refractivity contribution in [2.24, 2.45) is 5.92 Å². The minimum Gasteiger partial charge on any atom is -0.348 e. The monoisotopic (exact) mass is 360 g/mol. The lowest BCUT2D eigenvalue weighted by atomic mass is 10.1. The number of halogens is 2. The molecule has 0 aliphatic heterocycles. The van der Waals surface area contributed by atoms with Crippen molar-refractivity contribution in [2.45, 2.75) is 25.3 Å². The molecule has 2 atom stereocenters. The molecule has 5 heteroatoms. The molecular weight excluding hydrogens is 348 g/mol. The molecule has 0 saturated heterocycles. The topological polar surface area (TPSA) is 42.0 Å². The highest BCUT2D eigenvalue weighted by molar-refractivity contribution is 9.10. The Bertz CT molecular complexity index is 411. The molecule has 0 spiro atoms. The van der Waals surface area contributed by atoms with Crippen LogP contribution in [0.4, 0.5) is 0 Å². The van der Waals surface area contributed by atoms with Crippen LogP contribution in [0.5, 0.6) is 0 Å². The Morgan fingerprint density at radius 1 is 1.53 bits per heavy atom. The molecule has 1 aromatic rings. The summed E-state index contributed by atoms with van der Waals surface area (Å²) in [4.78, 5) is 16.2. The lowest BCUT2D eigenvalue weighted by Crippen LogP contribution is -2.38. The smallest absolute Gasteiger partial charge is 0.271 e. The van der Waals surface area contributed by atoms with E-state index in [1.807, 2.05) is 6.07 Å². The zero-order valence-corrected chi connectivity index (χ0v) is 12.5. The second kappa shape index (κ2) is 5.96. The molecule has 0 radical (unpaired) electrons. The number of nitrogens with zero attached hydrogens (tertiary/aromatic N) is 1. The van der Waals surface area contributed by atoms with Gasteiger partial charge in [0.15, 0.2) is 0 Å². The molecule has 1 heterocycles. The van der Waals surface area contributed by atoms with Crippen LogP contribution in [0, 0.1) is 5.92 Å². The van der Waals surface area contributed by atoms with Crippen molar-refractivity contribution in [1.82, 2.24) is 10.3 Å². The first-order valence-electron chi connectivity index (χ1n) is 5.69. The van der Waals surface area contributed by atoms with Crippen molar-refractivity contribution >= 4 is 37.8 Å². The lowest BCUT2D eigenvalue weighted by molar-refractivity contribution is 0.0924. The van der Waals surface area contributed by atoms with Gasteiger partial charge in [0.2, 0.25) is 0 Å². The lowest BCUT2D eigenvalue weighted by Gasteiger charge is -2.18. The number of nitrogens with one attached hydrogen (secondary N) is 1. The maximum Gasteiger partial charge on any atom is 0.271 e. The van der Waals surface area contributed by atoms with Crippen LogP contribution in [-0.2, 0) is 0 Å². The number of rotatable bonds is 3. The highest BCUT2D eigenvalue weighted by Gasteiger charge is 2.28. The number of pyridine rings is 1. The van der Waals surface area contributed by atoms with Gasteiger partial charge in [0.05, 0.1) is 0 Å². The van der Waals surface area contributed by atoms with Gasteiger partial charge in [-0.15, -0.1) is 0 Å². The van der Waals surface area contributed by atoms with Crippen molar-refractivity contribution in [1.29, 1.82) is 0 Å². The number of hydrogen-bond donors (Lipinski definition) is 1. The Morgan fingerprint density at radius 3 is 3.06 bits per heavy atom. The predicted molar refractivity (Wildman–Crippen MR) is 74.3 cm³/mol. The molecule has 92 valence electrons. The Hall–Kier alpha value is -0.420. The second-order valence-electron chi connectivity index (χ2n) is 4.26. The van der Waals surface area contributed by atoms with E-state index in [1.165, 1.54) is 12.8 Å². The fourth-order valence-corrected chi connectivity index (χ4v) is 3.41. The SMILES string of the molecule is O=C(NC1CCCC1CBr)c1ncccc1Br. The van der Waals surface area contributed by atoms with Gasteiger partial charge in [-0.25, -0.2) is 4.98 Å². The van der Waals surface area contributed by atoms with Crippen molar-refractivity contribution in [3.05, 3.63) is 28.5 Å². The molecule has 1 amide bonds. The average molecular weight is 362 g/mol. The summed E-state index contributed by atoms with van der Waals surface area (Å²) in [5, 5.41) is 4.02. The first kappa shape index (κ1) is 13.0. The zero-order chi connectivity index (χ0) is 12.3. The van der Waals surface area contributed by atoms with E-state index in [9.17, 15) is 4.79 Å². The Balaban J connectivity index is 2.04. The molecule has 2 unspecified atom stereocenters. The highest BCUT2D eigenvalue weighted by atomic mass is 79.9. The Labute approximate surface area is 118 Å². The van der Waals surface area contributed by atoms with E-state index in [0.717, 1.165) is 16.2 Å². The van der Waals surface area contributed by atoms with Crippen LogP contribution in [0.3, 0.4) is 0 Å². The van der Waals surface area contributed by atoms with E-state index in [2.05, 4.69) is 42.2 Å². The molecule has 0 bridgehead atoms. The number of carbonyl (C=O) groups excluding carboxylic acids is 1. The summed E-state index contributed by atoms with van der Waals surface area (Å²) in [6.07, 6.45) is 5.06. The van der Waals surface area contributed by atoms with Crippen LogP contribution < -0.4 is 5.32 Å². The highest BCUT2D eigenvalue weighted by Crippen LogP contribution is 2.27. The second-order valence-corrected chi connectivity index (χ2v) is 5.76. The zero-order valence-electron chi connectivity index (χ0n) is 9.33. The Morgan fingerprint density at radius 2 is 2.35 bits per heavy atom. The van der Waals surface area contributed by atoms with E-state index in [4.69, 9.17) is 0 Å². The van der Waals surface area contributed by atoms with Crippen molar-refractivity contribution in [3.8, 4) is 0 Å². The predicted octanol–water partition coefficient (Wildman–Crippen LogP) is 3.14. The molecule has 1 N–H and O–H groups in total. The number of carbonyl (C=O) groups is 1. The standard InChI is InChI=1S/C12H14Br2N2O/c13-7-8-3-1-5-10(8)16-12(17)11-9(14)4-2-6-15-11/h2,4,6,8,10H,1,3,5,7H2,(H,16,17). The van der Waals surface area contributed by atoms with Crippen molar-refractivity contribution in [2.75, 3.05) is 5.33 Å². The number of amides is 1. The summed E-state index contributed by atoms with van der Waals surface area (Å²) in [5.41, 5.74) is 0.465. The molecule has 1 aliphatic rings. The van der Waals surface area contributed by atoms with Crippen LogP contribution in [0.1, 0.15) is 29.8 Å². The Kier molecular flexibility index (Phi) is 4.56. The first-order valence-corrected chi connectivity index (χ1v) is 7.61. The molecule has 17 heavy (non-hydrogen) atoms. The van der Waals surface area contributed by atoms with Gasteiger partial charge in [-0.05, 0) is 46.8 Å². The first-order chi connectivity index (χ1) is 8.22. The van der Waals surface area contributed by atoms with Crippen LogP contribution in [-0.4, -0.2) is 22.3 Å². The van der Waals surface area contributed by atoms with E-state index in [0.29, 0.717) is 11.6 Å². The molecule has 1 saturated carbocycles. The average Bonchev–Trinajstić information content (AvgIpc) is 2.76. The minimum atomic E-state index is -0.0877. The molecule has 1 aliphatic carbocycles. The molecule has 1 fully saturated rings. The number of aromatic nitrogens is 1. The summed E-state index contributed by atoms with van der Waals surface area (Å²) in [6, 6.07) is 3.91. The fraction of sp³-hybridized carbons (Fsp3) is 0.500. The molecular formula is C12H14Br2N2O. The maximum absolute atomic E-state index is 12.1. The van der Waals surface area contributed by atoms with Gasteiger partial charge in [-0.3, -0.25) is 4.79 Å². The summed E-state index contributed by atoms with van der Waals surface area (Å²) in [7, 11) is 0. The molecule has 1 aromatic heterocycles. The quantitative estimate of drug-likeness (QED) is 0.840. The van der Waals surface area contributed by atoms with Gasteiger partial charge in [0, 0.05) is 22.0 Å². The van der Waals surface area contributed by atoms with Gasteiger partial charge in [0.25, 0.3) is 5.91 Å². The normalized spacial score (nSPS) is 23.6. The third-order valence-electron chi connectivity index (χ3n) is 3.15. The van der Waals surface area contributed by atoms with Crippen LogP contribution >= 0.6 is 31.9 Å². The van der Waals surface area contributed by atoms with Gasteiger partial charge in [-0.2, -0.15) is 0 Å². The van der Waals surface area contributed by atoms with E-state index >= 15 is 0 Å². The minimum absolute atomic E-state index is 0.0877. The van der Waals surface area contributed by atoms with Crippen molar-refractivity contribution < 1.29 is 4.79 Å². The van der Waals surface area contributed by atoms with E-state index < -0.39 is 0 Å². The largest absolute Gasteiger partial charge is 0.348 e. The fourth-order valence-electron chi connectivity index (χ4n) is 2.20. The number of hydrogen-bond acceptors (Lipinski definition) is 2. The van der Waals surface area contributed by atoms with Gasteiger partial charge in [-0.1, -0.05) is 22.4 Å². The molecule has 2 rings (SSSR count). The molecule has 0 aromatic carbocycles. The summed E-state index contributed by atoms with van der Waals surface area (Å²) in [5.74, 6) is 0.455. The van der Waals surface area contributed by atoms with Gasteiger partial charge < -0.3 is 5.32 Å². The third-order valence-corrected chi connectivity index (χ3v) is 4.62. The van der Waals surface area contributed by atoms with Gasteiger partial charge in [0.1, 0.15) is 5.69 Å². The summed E-state index contributed by atoms with van der Waals surface area (Å²) < 4.78 is 0.742. The van der Waals surface area contributed by atoms with Crippen LogP contribution in [0.15, 0.2) is 22.8 Å². The van der Waals surface area contributed by atoms with Crippen LogP contribution in [0.2, 0.25) is 0 Å². The van der Waals surface area contributed by atoms with Crippen LogP contribution in [0.25, 0.3) is 0 Å². The third kappa shape index (κ3) is 3.07. The van der Waals surface area contributed by atoms with Crippen molar-refractivity contribution in [3.63, 3.8) is 0 Å². The number of alkyl halides is 1. The maximum atomic E-state index is 12.1. The molecule has 3 nitrogen and oxygen atoms in total. The van der Waals surface area contributed by atoms with E-state index in [-0.39, 0.29) is 11.9 Å². The van der Waals surface area contributed by atoms with E-state index in [1.54, 1.807) is 12.3 Å².